The molecular formula is C19H21NO7. The number of methoxy groups -OCH3 is 3. The predicted molar refractivity (Wildman–Crippen MR) is 93.2 cm³/mol. The number of carbonyl (C=O) groups excluding carboxylic acids is 3. The molecule has 0 spiro atoms. The van der Waals surface area contributed by atoms with Crippen LogP contribution < -0.4 is 4.74 Å². The molecule has 1 unspecified atom stereocenters. The molecule has 0 aromatic heterocycles. The molecule has 8 nitrogen and oxygen atoms in total. The summed E-state index contributed by atoms with van der Waals surface area (Å²) in [6.45, 7) is 0.909. The molecule has 1 saturated heterocycles. The van der Waals surface area contributed by atoms with Crippen LogP contribution in [0.15, 0.2) is 30.1 Å². The minimum atomic E-state index is -1.41. The quantitative estimate of drug-likeness (QED) is 0.564. The van der Waals surface area contributed by atoms with Gasteiger partial charge in [0, 0.05) is 12.1 Å². The Balaban J connectivity index is 2.14. The van der Waals surface area contributed by atoms with Crippen molar-refractivity contribution >= 4 is 23.4 Å². The highest BCUT2D eigenvalue weighted by Crippen LogP contribution is 2.43. The van der Waals surface area contributed by atoms with Crippen LogP contribution in [0.25, 0.3) is 5.57 Å². The van der Waals surface area contributed by atoms with Crippen molar-refractivity contribution in [3.63, 3.8) is 0 Å². The Morgan fingerprint density at radius 3 is 2.30 bits per heavy atom. The molecule has 1 amide bonds. The van der Waals surface area contributed by atoms with Crippen LogP contribution in [0.2, 0.25) is 0 Å². The summed E-state index contributed by atoms with van der Waals surface area (Å²) in [5, 5.41) is 0. The minimum Gasteiger partial charge on any atom is -0.497 e. The van der Waals surface area contributed by atoms with Crippen LogP contribution in [0.3, 0.4) is 0 Å². The molecular weight excluding hydrogens is 354 g/mol. The summed E-state index contributed by atoms with van der Waals surface area (Å²) >= 11 is 0. The highest BCUT2D eigenvalue weighted by Gasteiger charge is 2.52. The Morgan fingerprint density at radius 2 is 1.74 bits per heavy atom. The molecule has 144 valence electrons. The number of ether oxygens (including phenoxy) is 4. The number of amides is 1. The zero-order valence-corrected chi connectivity index (χ0v) is 15.4. The molecule has 1 atom stereocenters. The lowest BCUT2D eigenvalue weighted by Crippen LogP contribution is -2.41. The van der Waals surface area contributed by atoms with Gasteiger partial charge in [0.2, 0.25) is 11.8 Å². The first kappa shape index (κ1) is 18.8. The Morgan fingerprint density at radius 1 is 1.11 bits per heavy atom. The van der Waals surface area contributed by atoms with Gasteiger partial charge in [-0.25, -0.2) is 0 Å². The van der Waals surface area contributed by atoms with Crippen molar-refractivity contribution in [3.8, 4) is 5.75 Å². The molecule has 0 bridgehead atoms. The van der Waals surface area contributed by atoms with Crippen molar-refractivity contribution in [1.29, 1.82) is 0 Å². The molecule has 0 saturated carbocycles. The molecule has 1 aromatic rings. The molecule has 27 heavy (non-hydrogen) atoms. The first-order valence-corrected chi connectivity index (χ1v) is 8.52. The number of fused-ring (bicyclic) bond motifs is 1. The summed E-state index contributed by atoms with van der Waals surface area (Å²) in [6.07, 6.45) is 0.666. The lowest BCUT2D eigenvalue weighted by molar-refractivity contribution is -0.163. The number of carbonyl (C=O) groups is 3. The molecule has 8 heteroatoms. The first-order valence-electron chi connectivity index (χ1n) is 8.52. The van der Waals surface area contributed by atoms with Crippen molar-refractivity contribution < 1.29 is 33.3 Å². The van der Waals surface area contributed by atoms with Crippen molar-refractivity contribution in [1.82, 2.24) is 4.90 Å². The Labute approximate surface area is 156 Å². The van der Waals surface area contributed by atoms with Crippen molar-refractivity contribution in [3.05, 3.63) is 35.7 Å². The summed E-state index contributed by atoms with van der Waals surface area (Å²) in [6, 6.07) is 6.99. The summed E-state index contributed by atoms with van der Waals surface area (Å²) in [5.41, 5.74) is 1.13. The fourth-order valence-electron chi connectivity index (χ4n) is 3.43. The third-order valence-corrected chi connectivity index (χ3v) is 4.73. The molecule has 1 fully saturated rings. The van der Waals surface area contributed by atoms with Gasteiger partial charge in [0.05, 0.1) is 33.9 Å². The number of hydrogen-bond donors (Lipinski definition) is 0. The van der Waals surface area contributed by atoms with Crippen molar-refractivity contribution in [2.24, 2.45) is 11.8 Å². The Bertz CT molecular complexity index is 768. The van der Waals surface area contributed by atoms with Gasteiger partial charge in [0.1, 0.15) is 5.75 Å². The van der Waals surface area contributed by atoms with Crippen LogP contribution in [-0.2, 0) is 28.6 Å². The van der Waals surface area contributed by atoms with E-state index in [1.807, 2.05) is 0 Å². The average molecular weight is 375 g/mol. The number of rotatable bonds is 5. The number of hydrogen-bond acceptors (Lipinski definition) is 7. The molecule has 0 radical (unpaired) electrons. The van der Waals surface area contributed by atoms with E-state index in [0.717, 1.165) is 0 Å². The monoisotopic (exact) mass is 375 g/mol. The largest absolute Gasteiger partial charge is 0.497 e. The third kappa shape index (κ3) is 3.22. The lowest BCUT2D eigenvalue weighted by atomic mass is 9.83. The van der Waals surface area contributed by atoms with Gasteiger partial charge in [0.15, 0.2) is 5.92 Å². The zero-order valence-electron chi connectivity index (χ0n) is 15.4. The molecule has 2 aliphatic rings. The van der Waals surface area contributed by atoms with E-state index in [-0.39, 0.29) is 5.91 Å². The SMILES string of the molecule is COC(=O)C(C(=O)OC)C1C(=O)N2CCCOC2=C1c1ccc(OC)cc1. The maximum absolute atomic E-state index is 13.1. The molecule has 1 aromatic carbocycles. The second-order valence-corrected chi connectivity index (χ2v) is 6.14. The maximum atomic E-state index is 13.1. The average Bonchev–Trinajstić information content (AvgIpc) is 3.00. The minimum absolute atomic E-state index is 0.374. The van der Waals surface area contributed by atoms with Gasteiger partial charge in [-0.05, 0) is 24.1 Å². The van der Waals surface area contributed by atoms with E-state index in [9.17, 15) is 14.4 Å². The van der Waals surface area contributed by atoms with Crippen molar-refractivity contribution in [2.75, 3.05) is 34.5 Å². The molecule has 2 heterocycles. The summed E-state index contributed by atoms with van der Waals surface area (Å²) in [7, 11) is 3.89. The van der Waals surface area contributed by atoms with Crippen LogP contribution in [0.5, 0.6) is 5.75 Å². The van der Waals surface area contributed by atoms with Gasteiger partial charge in [-0.15, -0.1) is 0 Å². The van der Waals surface area contributed by atoms with Gasteiger partial charge < -0.3 is 18.9 Å². The van der Waals surface area contributed by atoms with Gasteiger partial charge in [-0.2, -0.15) is 0 Å². The lowest BCUT2D eigenvalue weighted by Gasteiger charge is -2.26. The normalized spacial score (nSPS) is 18.9. The zero-order chi connectivity index (χ0) is 19.6. The fraction of sp³-hybridized carbons (Fsp3) is 0.421. The predicted octanol–water partition coefficient (Wildman–Crippen LogP) is 1.20. The number of esters is 2. The van der Waals surface area contributed by atoms with Gasteiger partial charge in [0.25, 0.3) is 0 Å². The van der Waals surface area contributed by atoms with Crippen LogP contribution in [0.1, 0.15) is 12.0 Å². The van der Waals surface area contributed by atoms with Crippen molar-refractivity contribution in [2.45, 2.75) is 6.42 Å². The first-order chi connectivity index (χ1) is 13.0. The van der Waals surface area contributed by atoms with Gasteiger partial charge in [-0.3, -0.25) is 19.3 Å². The van der Waals surface area contributed by atoms with Gasteiger partial charge >= 0.3 is 11.9 Å². The number of benzene rings is 1. The van der Waals surface area contributed by atoms with Crippen LogP contribution in [-0.4, -0.2) is 57.2 Å². The summed E-state index contributed by atoms with van der Waals surface area (Å²) < 4.78 is 20.5. The highest BCUT2D eigenvalue weighted by molar-refractivity contribution is 6.08. The van der Waals surface area contributed by atoms with E-state index >= 15 is 0 Å². The Hall–Kier alpha value is -3.03. The molecule has 0 aliphatic carbocycles. The molecule has 2 aliphatic heterocycles. The fourth-order valence-corrected chi connectivity index (χ4v) is 3.43. The standard InChI is InChI=1S/C19H21NO7/c1-24-12-7-5-11(6-8-12)13-14(15(18(22)25-2)19(23)26-3)16(21)20-9-4-10-27-17(13)20/h5-8,14-15H,4,9-10H2,1-3H3. The summed E-state index contributed by atoms with van der Waals surface area (Å²) in [5.74, 6) is -3.50. The van der Waals surface area contributed by atoms with E-state index in [4.69, 9.17) is 18.9 Å². The third-order valence-electron chi connectivity index (χ3n) is 4.73. The number of nitrogens with zero attached hydrogens (tertiary/aromatic N) is 1. The van der Waals surface area contributed by atoms with Gasteiger partial charge in [-0.1, -0.05) is 12.1 Å². The van der Waals surface area contributed by atoms with E-state index in [2.05, 4.69) is 0 Å². The topological polar surface area (TPSA) is 91.4 Å². The molecule has 0 N–H and O–H groups in total. The Kier molecular flexibility index (Phi) is 5.34. The second kappa shape index (κ2) is 7.69. The summed E-state index contributed by atoms with van der Waals surface area (Å²) in [4.78, 5) is 39.3. The van der Waals surface area contributed by atoms with Crippen LogP contribution in [0.4, 0.5) is 0 Å². The van der Waals surface area contributed by atoms with E-state index < -0.39 is 23.8 Å². The van der Waals surface area contributed by atoms with E-state index in [0.29, 0.717) is 42.3 Å². The van der Waals surface area contributed by atoms with E-state index in [1.165, 1.54) is 19.1 Å². The highest BCUT2D eigenvalue weighted by atomic mass is 16.5. The smallest absolute Gasteiger partial charge is 0.321 e. The van der Waals surface area contributed by atoms with Crippen LogP contribution >= 0.6 is 0 Å². The molecule has 3 rings (SSSR count). The second-order valence-electron chi connectivity index (χ2n) is 6.14. The maximum Gasteiger partial charge on any atom is 0.321 e. The van der Waals surface area contributed by atoms with E-state index in [1.54, 1.807) is 31.4 Å². The van der Waals surface area contributed by atoms with Crippen LogP contribution in [0, 0.1) is 11.8 Å².